The first kappa shape index (κ1) is 16.8. The molecule has 1 aliphatic heterocycles. The van der Waals surface area contributed by atoms with E-state index in [0.29, 0.717) is 18.8 Å². The van der Waals surface area contributed by atoms with Gasteiger partial charge in [0.15, 0.2) is 0 Å². The summed E-state index contributed by atoms with van der Waals surface area (Å²) in [5.74, 6) is -0.260. The van der Waals surface area contributed by atoms with Gasteiger partial charge in [-0.05, 0) is 38.5 Å². The van der Waals surface area contributed by atoms with Crippen LogP contribution in [0.25, 0.3) is 0 Å². The summed E-state index contributed by atoms with van der Waals surface area (Å²) in [5, 5.41) is 3.10. The molecule has 22 heavy (non-hydrogen) atoms. The summed E-state index contributed by atoms with van der Waals surface area (Å²) in [6, 6.07) is -0.346. The zero-order valence-electron chi connectivity index (χ0n) is 13.6. The second kappa shape index (κ2) is 8.20. The number of carbonyl (C=O) groups excluding carboxylic acids is 2. The Morgan fingerprint density at radius 1 is 1.09 bits per heavy atom. The number of fused-ring (bicyclic) bond motifs is 1. The van der Waals surface area contributed by atoms with Crippen molar-refractivity contribution < 1.29 is 19.1 Å². The topological polar surface area (TPSA) is 64.6 Å². The van der Waals surface area contributed by atoms with Gasteiger partial charge in [-0.2, -0.15) is 0 Å². The number of carbonyl (C=O) groups is 2. The maximum atomic E-state index is 12.2. The number of nitrogens with one attached hydrogen (secondary N) is 1. The number of hydrogen-bond acceptors (Lipinski definition) is 5. The molecule has 0 bridgehead atoms. The molecule has 1 aliphatic carbocycles. The van der Waals surface area contributed by atoms with E-state index >= 15 is 0 Å². The largest absolute Gasteiger partial charge is 0.464 e. The van der Waals surface area contributed by atoms with Crippen molar-refractivity contribution in [2.75, 3.05) is 13.2 Å². The Kier molecular flexibility index (Phi) is 6.28. The number of rotatable bonds is 4. The minimum Gasteiger partial charge on any atom is -0.464 e. The predicted octanol–water partition coefficient (Wildman–Crippen LogP) is 2.55. The maximum Gasteiger partial charge on any atom is 0.335 e. The average Bonchev–Trinajstić information content (AvgIpc) is 2.47. The zero-order valence-corrected chi connectivity index (χ0v) is 13.6. The molecule has 3 atom stereocenters. The maximum absolute atomic E-state index is 12.2. The van der Waals surface area contributed by atoms with Crippen LogP contribution in [0.1, 0.15) is 52.4 Å². The van der Waals surface area contributed by atoms with E-state index in [1.165, 1.54) is 12.8 Å². The van der Waals surface area contributed by atoms with Crippen LogP contribution in [0.15, 0.2) is 11.8 Å². The smallest absolute Gasteiger partial charge is 0.335 e. The molecular weight excluding hydrogens is 282 g/mol. The summed E-state index contributed by atoms with van der Waals surface area (Å²) >= 11 is 0. The molecule has 0 aromatic carbocycles. The Morgan fingerprint density at radius 3 is 2.45 bits per heavy atom. The van der Waals surface area contributed by atoms with Crippen molar-refractivity contribution >= 4 is 11.9 Å². The van der Waals surface area contributed by atoms with E-state index in [0.717, 1.165) is 25.7 Å². The first-order valence-electron chi connectivity index (χ1n) is 8.48. The van der Waals surface area contributed by atoms with Crippen molar-refractivity contribution in [3.63, 3.8) is 0 Å². The summed E-state index contributed by atoms with van der Waals surface area (Å²) < 4.78 is 10.4. The van der Waals surface area contributed by atoms with Gasteiger partial charge >= 0.3 is 11.9 Å². The van der Waals surface area contributed by atoms with Crippen molar-refractivity contribution in [1.82, 2.24) is 5.32 Å². The molecule has 1 heterocycles. The van der Waals surface area contributed by atoms with Crippen LogP contribution in [0.5, 0.6) is 0 Å². The molecule has 0 saturated heterocycles. The molecule has 0 aromatic rings. The van der Waals surface area contributed by atoms with Crippen molar-refractivity contribution in [2.24, 2.45) is 11.8 Å². The molecule has 0 aromatic heterocycles. The van der Waals surface area contributed by atoms with Gasteiger partial charge in [-0.3, -0.25) is 0 Å². The predicted molar refractivity (Wildman–Crippen MR) is 83.0 cm³/mol. The van der Waals surface area contributed by atoms with Crippen molar-refractivity contribution in [3.05, 3.63) is 11.8 Å². The molecule has 0 radical (unpaired) electrons. The molecule has 1 saturated carbocycles. The van der Waals surface area contributed by atoms with Crippen LogP contribution >= 0.6 is 0 Å². The minimum atomic E-state index is -0.346. The van der Waals surface area contributed by atoms with E-state index in [9.17, 15) is 9.59 Å². The molecule has 0 amide bonds. The Hall–Kier alpha value is -1.52. The lowest BCUT2D eigenvalue weighted by atomic mass is 9.72. The van der Waals surface area contributed by atoms with Gasteiger partial charge in [-0.15, -0.1) is 0 Å². The van der Waals surface area contributed by atoms with Gasteiger partial charge in [0.05, 0.1) is 18.8 Å². The normalized spacial score (nSPS) is 28.3. The number of ether oxygens (including phenoxy) is 2. The van der Waals surface area contributed by atoms with Gasteiger partial charge in [-0.1, -0.05) is 25.7 Å². The van der Waals surface area contributed by atoms with Gasteiger partial charge in [0.1, 0.15) is 6.04 Å². The summed E-state index contributed by atoms with van der Waals surface area (Å²) in [7, 11) is 0. The van der Waals surface area contributed by atoms with Crippen LogP contribution in [0.2, 0.25) is 0 Å². The highest BCUT2D eigenvalue weighted by molar-refractivity contribution is 5.90. The van der Waals surface area contributed by atoms with Crippen LogP contribution in [0.4, 0.5) is 0 Å². The standard InChI is InChI=1S/C17H27NO4/c1-3-21-16(19)14-11-18-15(17(20)22-4-2)13-10-8-6-5-7-9-12(13)14/h11-13,15,18H,3-10H2,1-2H3/t12-,13-,15?/m1/s1. The van der Waals surface area contributed by atoms with Gasteiger partial charge in [0.2, 0.25) is 0 Å². The van der Waals surface area contributed by atoms with E-state index in [1.807, 2.05) is 13.8 Å². The lowest BCUT2D eigenvalue weighted by Crippen LogP contribution is -2.49. The van der Waals surface area contributed by atoms with E-state index in [1.54, 1.807) is 6.20 Å². The molecule has 0 spiro atoms. The second-order valence-electron chi connectivity index (χ2n) is 5.98. The van der Waals surface area contributed by atoms with E-state index in [4.69, 9.17) is 9.47 Å². The van der Waals surface area contributed by atoms with E-state index in [-0.39, 0.29) is 29.8 Å². The first-order chi connectivity index (χ1) is 10.7. The molecule has 2 aliphatic rings. The summed E-state index contributed by atoms with van der Waals surface area (Å²) in [6.45, 7) is 4.37. The van der Waals surface area contributed by atoms with Crippen LogP contribution in [0.3, 0.4) is 0 Å². The van der Waals surface area contributed by atoms with Crippen molar-refractivity contribution in [1.29, 1.82) is 0 Å². The lowest BCUT2D eigenvalue weighted by molar-refractivity contribution is -0.149. The van der Waals surface area contributed by atoms with E-state index < -0.39 is 0 Å². The SMILES string of the molecule is CCOC(=O)C1=CNC(C(=O)OCC)[C@@H]2CCCCCC[C@@H]12. The summed E-state index contributed by atoms with van der Waals surface area (Å²) in [4.78, 5) is 24.4. The molecular formula is C17H27NO4. The molecule has 1 unspecified atom stereocenters. The quantitative estimate of drug-likeness (QED) is 0.809. The summed E-state index contributed by atoms with van der Waals surface area (Å²) in [6.07, 6.45) is 8.13. The molecule has 124 valence electrons. The molecule has 2 rings (SSSR count). The third kappa shape index (κ3) is 3.81. The van der Waals surface area contributed by atoms with Gasteiger partial charge in [0.25, 0.3) is 0 Å². The van der Waals surface area contributed by atoms with Crippen molar-refractivity contribution in [3.8, 4) is 0 Å². The lowest BCUT2D eigenvalue weighted by Gasteiger charge is -2.38. The Labute approximate surface area is 132 Å². The molecule has 1 fully saturated rings. The Balaban J connectivity index is 2.23. The van der Waals surface area contributed by atoms with Crippen LogP contribution in [0, 0.1) is 11.8 Å². The molecule has 1 N–H and O–H groups in total. The average molecular weight is 309 g/mol. The van der Waals surface area contributed by atoms with Crippen LogP contribution in [-0.4, -0.2) is 31.2 Å². The second-order valence-corrected chi connectivity index (χ2v) is 5.98. The van der Waals surface area contributed by atoms with Crippen LogP contribution in [-0.2, 0) is 19.1 Å². The Bertz CT molecular complexity index is 432. The zero-order chi connectivity index (χ0) is 15.9. The minimum absolute atomic E-state index is 0.0926. The molecule has 5 nitrogen and oxygen atoms in total. The molecule has 5 heteroatoms. The van der Waals surface area contributed by atoms with Gasteiger partial charge in [0, 0.05) is 6.20 Å². The van der Waals surface area contributed by atoms with Crippen LogP contribution < -0.4 is 5.32 Å². The van der Waals surface area contributed by atoms with E-state index in [2.05, 4.69) is 5.32 Å². The third-order valence-electron chi connectivity index (χ3n) is 4.62. The number of esters is 2. The monoisotopic (exact) mass is 309 g/mol. The third-order valence-corrected chi connectivity index (χ3v) is 4.62. The summed E-state index contributed by atoms with van der Waals surface area (Å²) in [5.41, 5.74) is 0.689. The fourth-order valence-corrected chi connectivity index (χ4v) is 3.61. The first-order valence-corrected chi connectivity index (χ1v) is 8.48. The highest BCUT2D eigenvalue weighted by Crippen LogP contribution is 2.38. The van der Waals surface area contributed by atoms with Gasteiger partial charge in [-0.25, -0.2) is 9.59 Å². The highest BCUT2D eigenvalue weighted by atomic mass is 16.5. The fraction of sp³-hybridized carbons (Fsp3) is 0.765. The fourth-order valence-electron chi connectivity index (χ4n) is 3.61. The van der Waals surface area contributed by atoms with Gasteiger partial charge < -0.3 is 14.8 Å². The Morgan fingerprint density at radius 2 is 1.77 bits per heavy atom. The van der Waals surface area contributed by atoms with Crippen molar-refractivity contribution in [2.45, 2.75) is 58.4 Å². The highest BCUT2D eigenvalue weighted by Gasteiger charge is 2.41. The number of hydrogen-bond donors (Lipinski definition) is 1.